The molecule has 28 heavy (non-hydrogen) atoms. The number of nitrogens with zero attached hydrogens (tertiary/aromatic N) is 4. The van der Waals surface area contributed by atoms with Gasteiger partial charge in [-0.15, -0.1) is 0 Å². The second-order valence-electron chi connectivity index (χ2n) is 6.10. The number of carbonyl (C=O) groups excluding carboxylic acids is 1. The molecule has 4 rings (SSSR count). The van der Waals surface area contributed by atoms with E-state index in [1.54, 1.807) is 18.5 Å². The van der Waals surface area contributed by atoms with Gasteiger partial charge in [0.1, 0.15) is 17.4 Å². The third kappa shape index (κ3) is 3.29. The number of rotatable bonds is 4. The van der Waals surface area contributed by atoms with E-state index in [1.165, 1.54) is 13.3 Å². The van der Waals surface area contributed by atoms with Crippen LogP contribution in [0.15, 0.2) is 54.9 Å². The third-order valence-electron chi connectivity index (χ3n) is 4.36. The van der Waals surface area contributed by atoms with Crippen molar-refractivity contribution in [2.45, 2.75) is 6.92 Å². The molecular weight excluding hydrogens is 354 g/mol. The molecule has 140 valence electrons. The Kier molecular flexibility index (Phi) is 3.41. The number of fused-ring (bicyclic) bond motifs is 1. The topological polar surface area (TPSA) is 81.9 Å². The van der Waals surface area contributed by atoms with Gasteiger partial charge in [-0.3, -0.25) is 9.78 Å². The predicted molar refractivity (Wildman–Crippen MR) is 107 cm³/mol. The Morgan fingerprint density at radius 3 is 2.57 bits per heavy atom. The zero-order valence-electron chi connectivity index (χ0n) is 19.5. The number of ether oxygens (including phenoxy) is 1. The molecule has 0 aliphatic carbocycles. The summed E-state index contributed by atoms with van der Waals surface area (Å²) in [6, 6.07) is 1.70. The van der Waals surface area contributed by atoms with Crippen molar-refractivity contribution in [3.8, 4) is 17.0 Å². The zero-order chi connectivity index (χ0) is 23.2. The highest BCUT2D eigenvalue weighted by Gasteiger charge is 2.10. The van der Waals surface area contributed by atoms with E-state index in [2.05, 4.69) is 20.3 Å². The van der Waals surface area contributed by atoms with Crippen LogP contribution in [0.5, 0.6) is 5.75 Å². The first-order valence-corrected chi connectivity index (χ1v) is 8.43. The lowest BCUT2D eigenvalue weighted by atomic mass is 10.1. The maximum absolute atomic E-state index is 12.8. The van der Waals surface area contributed by atoms with Crippen LogP contribution in [0.3, 0.4) is 0 Å². The van der Waals surface area contributed by atoms with Crippen LogP contribution >= 0.6 is 0 Å². The van der Waals surface area contributed by atoms with Crippen LogP contribution in [0.25, 0.3) is 22.2 Å². The first-order valence-electron chi connectivity index (χ1n) is 10.4. The van der Waals surface area contributed by atoms with E-state index in [0.717, 1.165) is 22.5 Å². The molecule has 0 aliphatic rings. The fourth-order valence-electron chi connectivity index (χ4n) is 2.71. The number of aryl methyl sites for hydroxylation is 1. The van der Waals surface area contributed by atoms with Crippen LogP contribution in [-0.4, -0.2) is 32.5 Å². The smallest absolute Gasteiger partial charge is 0.256 e. The summed E-state index contributed by atoms with van der Waals surface area (Å²) in [6.45, 7) is 1.90. The van der Waals surface area contributed by atoms with E-state index in [4.69, 9.17) is 10.2 Å². The van der Waals surface area contributed by atoms with Gasteiger partial charge in [0.2, 0.25) is 0 Å². The minimum atomic E-state index is -0.803. The first kappa shape index (κ1) is 13.4. The zero-order valence-corrected chi connectivity index (χ0v) is 15.5. The lowest BCUT2D eigenvalue weighted by Crippen LogP contribution is -2.12. The van der Waals surface area contributed by atoms with Crippen molar-refractivity contribution in [3.63, 3.8) is 0 Å². The minimum absolute atomic E-state index is 0.190. The Bertz CT molecular complexity index is 1360. The molecule has 1 aromatic carbocycles. The number of imidazole rings is 1. The van der Waals surface area contributed by atoms with Crippen molar-refractivity contribution in [2.24, 2.45) is 7.05 Å². The van der Waals surface area contributed by atoms with Gasteiger partial charge in [0, 0.05) is 29.8 Å². The van der Waals surface area contributed by atoms with Crippen molar-refractivity contribution in [1.82, 2.24) is 19.5 Å². The maximum Gasteiger partial charge on any atom is 0.256 e. The van der Waals surface area contributed by atoms with Crippen molar-refractivity contribution in [3.05, 3.63) is 66.3 Å². The SMILES string of the molecule is [2H]c1c([2H])c(C(=O)Nc2cc3cc(-c4cnc(C)n4C)cnc3cn2)c([2H])c([2H])c1OC. The molecular formula is C21H19N5O2. The predicted octanol–water partition coefficient (Wildman–Crippen LogP) is 3.60. The van der Waals surface area contributed by atoms with E-state index in [9.17, 15) is 4.79 Å². The van der Waals surface area contributed by atoms with E-state index >= 15 is 0 Å². The van der Waals surface area contributed by atoms with E-state index in [-0.39, 0.29) is 17.1 Å². The molecule has 0 spiro atoms. The van der Waals surface area contributed by atoms with Gasteiger partial charge in [0.15, 0.2) is 0 Å². The highest BCUT2D eigenvalue weighted by Crippen LogP contribution is 2.24. The van der Waals surface area contributed by atoms with Gasteiger partial charge >= 0.3 is 0 Å². The highest BCUT2D eigenvalue weighted by molar-refractivity contribution is 6.04. The summed E-state index contributed by atoms with van der Waals surface area (Å²) in [4.78, 5) is 25.7. The lowest BCUT2D eigenvalue weighted by molar-refractivity contribution is 0.102. The summed E-state index contributed by atoms with van der Waals surface area (Å²) in [6.07, 6.45) is 4.99. The second kappa shape index (κ2) is 7.11. The number of methoxy groups -OCH3 is 1. The summed E-state index contributed by atoms with van der Waals surface area (Å²) in [7, 11) is 3.16. The summed E-state index contributed by atoms with van der Waals surface area (Å²) >= 11 is 0. The van der Waals surface area contributed by atoms with E-state index in [1.807, 2.05) is 24.6 Å². The first-order chi connectivity index (χ1) is 15.2. The number of hydrogen-bond acceptors (Lipinski definition) is 5. The number of carbonyl (C=O) groups is 1. The molecule has 0 atom stereocenters. The van der Waals surface area contributed by atoms with E-state index in [0.29, 0.717) is 5.52 Å². The molecule has 0 saturated carbocycles. The summed E-state index contributed by atoms with van der Waals surface area (Å²) in [5.41, 5.74) is 1.97. The number of nitrogens with one attached hydrogen (secondary N) is 1. The largest absolute Gasteiger partial charge is 0.497 e. The van der Waals surface area contributed by atoms with E-state index < -0.39 is 30.1 Å². The summed E-state index contributed by atoms with van der Waals surface area (Å²) in [5.74, 6) is 0.0322. The van der Waals surface area contributed by atoms with Gasteiger partial charge in [0.25, 0.3) is 5.91 Å². The normalized spacial score (nSPS) is 12.8. The summed E-state index contributed by atoms with van der Waals surface area (Å²) in [5, 5.41) is 3.28. The number of aromatic nitrogens is 4. The average Bonchev–Trinajstić information content (AvgIpc) is 3.11. The minimum Gasteiger partial charge on any atom is -0.497 e. The van der Waals surface area contributed by atoms with Crippen LogP contribution in [0.2, 0.25) is 0 Å². The Morgan fingerprint density at radius 1 is 1.11 bits per heavy atom. The molecule has 1 N–H and O–H groups in total. The number of anilines is 1. The number of benzene rings is 1. The molecule has 0 radical (unpaired) electrons. The van der Waals surface area contributed by atoms with Crippen LogP contribution in [0.1, 0.15) is 21.7 Å². The maximum atomic E-state index is 12.8. The van der Waals surface area contributed by atoms with Crippen molar-refractivity contribution >= 4 is 22.6 Å². The summed E-state index contributed by atoms with van der Waals surface area (Å²) < 4.78 is 38.9. The number of hydrogen-bond donors (Lipinski definition) is 1. The Balaban J connectivity index is 1.71. The van der Waals surface area contributed by atoms with Gasteiger partial charge in [-0.2, -0.15) is 0 Å². The Hall–Kier alpha value is -3.74. The Labute approximate surface area is 167 Å². The molecule has 3 heterocycles. The van der Waals surface area contributed by atoms with Crippen molar-refractivity contribution < 1.29 is 15.0 Å². The van der Waals surface area contributed by atoms with Crippen LogP contribution in [0, 0.1) is 6.92 Å². The molecule has 0 bridgehead atoms. The number of amides is 1. The van der Waals surface area contributed by atoms with Crippen molar-refractivity contribution in [2.75, 3.05) is 12.4 Å². The lowest BCUT2D eigenvalue weighted by Gasteiger charge is -2.08. The van der Waals surface area contributed by atoms with Crippen LogP contribution in [-0.2, 0) is 7.05 Å². The van der Waals surface area contributed by atoms with Gasteiger partial charge in [-0.05, 0) is 43.2 Å². The molecule has 1 amide bonds. The van der Waals surface area contributed by atoms with Gasteiger partial charge in [0.05, 0.1) is 36.2 Å². The van der Waals surface area contributed by atoms with Crippen LogP contribution < -0.4 is 10.1 Å². The fraction of sp³-hybridized carbons (Fsp3) is 0.143. The number of pyridine rings is 2. The van der Waals surface area contributed by atoms with Gasteiger partial charge < -0.3 is 14.6 Å². The third-order valence-corrected chi connectivity index (χ3v) is 4.36. The van der Waals surface area contributed by atoms with Gasteiger partial charge in [-0.25, -0.2) is 9.97 Å². The molecule has 7 heteroatoms. The molecule has 0 unspecified atom stereocenters. The fourth-order valence-corrected chi connectivity index (χ4v) is 2.71. The van der Waals surface area contributed by atoms with Crippen LogP contribution in [0.4, 0.5) is 5.82 Å². The standard InChI is InChI=1S/C21H19N5O2/c1-13-22-12-19(26(13)2)16-8-15-9-20(24-11-18(15)23-10-16)25-21(27)14-4-6-17(28-3)7-5-14/h4-12H,1-3H3,(H,24,25,27)/i4D,5D,6D,7D. The van der Waals surface area contributed by atoms with Crippen molar-refractivity contribution in [1.29, 1.82) is 0 Å². The monoisotopic (exact) mass is 377 g/mol. The Morgan fingerprint density at radius 2 is 1.89 bits per heavy atom. The molecule has 3 aromatic heterocycles. The molecule has 7 nitrogen and oxygen atoms in total. The molecule has 4 aromatic rings. The van der Waals surface area contributed by atoms with Gasteiger partial charge in [-0.1, -0.05) is 0 Å². The molecule has 0 saturated heterocycles. The molecule has 0 aliphatic heterocycles. The quantitative estimate of drug-likeness (QED) is 0.588. The second-order valence-corrected chi connectivity index (χ2v) is 6.10. The average molecular weight is 377 g/mol. The highest BCUT2D eigenvalue weighted by atomic mass is 16.5. The molecule has 0 fully saturated rings.